The second kappa shape index (κ2) is 6.15. The van der Waals surface area contributed by atoms with Gasteiger partial charge in [0.2, 0.25) is 9.84 Å². The first-order chi connectivity index (χ1) is 11.8. The van der Waals surface area contributed by atoms with Crippen molar-refractivity contribution < 1.29 is 13.2 Å². The summed E-state index contributed by atoms with van der Waals surface area (Å²) in [4.78, 5) is 13.7. The quantitative estimate of drug-likeness (QED) is 0.620. The van der Waals surface area contributed by atoms with Crippen LogP contribution in [0.1, 0.15) is 26.3 Å². The molecule has 0 fully saturated rings. The van der Waals surface area contributed by atoms with Crippen LogP contribution in [0.15, 0.2) is 70.1 Å². The maximum atomic E-state index is 12.9. The fourth-order valence-corrected chi connectivity index (χ4v) is 4.77. The third kappa shape index (κ3) is 2.68. The van der Waals surface area contributed by atoms with Gasteiger partial charge in [0, 0.05) is 23.3 Å². The summed E-state index contributed by atoms with van der Waals surface area (Å²) in [5.41, 5.74) is 2.32. The van der Waals surface area contributed by atoms with Crippen molar-refractivity contribution in [3.63, 3.8) is 0 Å². The molecule has 1 aliphatic rings. The summed E-state index contributed by atoms with van der Waals surface area (Å²) < 4.78 is 25.8. The van der Waals surface area contributed by atoms with Crippen LogP contribution in [0.3, 0.4) is 0 Å². The van der Waals surface area contributed by atoms with Crippen LogP contribution < -0.4 is 4.90 Å². The Hall–Kier alpha value is -2.40. The molecule has 0 radical (unpaired) electrons. The molecule has 0 N–H and O–H groups in total. The van der Waals surface area contributed by atoms with Gasteiger partial charge in [0.05, 0.1) is 9.79 Å². The van der Waals surface area contributed by atoms with Crippen molar-refractivity contribution in [2.24, 2.45) is 0 Å². The molecule has 0 amide bonds. The maximum absolute atomic E-state index is 12.9. The second-order valence-electron chi connectivity index (χ2n) is 6.55. The number of benzene rings is 2. The number of likely N-dealkylation sites (N-methyl/N-ethyl adjacent to an activating group) is 1. The minimum Gasteiger partial charge on any atom is -0.344 e. The van der Waals surface area contributed by atoms with Crippen LogP contribution >= 0.6 is 0 Å². The normalized spacial score (nSPS) is 17.6. The third-order valence-electron chi connectivity index (χ3n) is 4.77. The largest absolute Gasteiger partial charge is 0.344 e. The molecule has 4 nitrogen and oxygen atoms in total. The number of rotatable bonds is 4. The summed E-state index contributed by atoms with van der Waals surface area (Å²) in [6.07, 6.45) is 2.35. The van der Waals surface area contributed by atoms with Crippen molar-refractivity contribution in [2.75, 3.05) is 11.4 Å². The third-order valence-corrected chi connectivity index (χ3v) is 6.54. The highest BCUT2D eigenvalue weighted by Gasteiger charge is 2.40. The van der Waals surface area contributed by atoms with E-state index in [2.05, 4.69) is 4.90 Å². The smallest absolute Gasteiger partial charge is 0.206 e. The molecule has 130 valence electrons. The van der Waals surface area contributed by atoms with E-state index in [1.165, 1.54) is 0 Å². The topological polar surface area (TPSA) is 54.5 Å². The molecule has 5 heteroatoms. The minimum atomic E-state index is -3.57. The molecular formula is C20H21NO3S. The SMILES string of the molecule is CCN1C(=CC=O)C(C)(C)c2cc(S(=O)(=O)c3ccccc3)ccc21. The predicted octanol–water partition coefficient (Wildman–Crippen LogP) is 3.72. The Morgan fingerprint density at radius 1 is 1.04 bits per heavy atom. The summed E-state index contributed by atoms with van der Waals surface area (Å²) in [6.45, 7) is 6.74. The van der Waals surface area contributed by atoms with Gasteiger partial charge in [-0.15, -0.1) is 0 Å². The van der Waals surface area contributed by atoms with Gasteiger partial charge < -0.3 is 4.90 Å². The van der Waals surface area contributed by atoms with Gasteiger partial charge in [-0.25, -0.2) is 8.42 Å². The molecule has 0 unspecified atom stereocenters. The van der Waals surface area contributed by atoms with Crippen LogP contribution in [0.25, 0.3) is 0 Å². The van der Waals surface area contributed by atoms with Crippen molar-refractivity contribution in [3.8, 4) is 0 Å². The first kappa shape index (κ1) is 17.4. The van der Waals surface area contributed by atoms with E-state index in [1.807, 2.05) is 26.8 Å². The number of sulfone groups is 1. The van der Waals surface area contributed by atoms with Gasteiger partial charge >= 0.3 is 0 Å². The zero-order valence-electron chi connectivity index (χ0n) is 14.6. The van der Waals surface area contributed by atoms with Crippen LogP contribution in [-0.2, 0) is 20.0 Å². The Morgan fingerprint density at radius 3 is 2.32 bits per heavy atom. The van der Waals surface area contributed by atoms with Crippen LogP contribution in [-0.4, -0.2) is 21.2 Å². The molecule has 0 aliphatic carbocycles. The number of carbonyl (C=O) groups excluding carboxylic acids is 1. The molecule has 0 spiro atoms. The zero-order valence-corrected chi connectivity index (χ0v) is 15.4. The standard InChI is InChI=1S/C20H21NO3S/c1-4-21-18-11-10-16(25(23,24)15-8-6-5-7-9-15)14-17(18)20(2,3)19(21)12-13-22/h5-14H,4H2,1-3H3. The highest BCUT2D eigenvalue weighted by molar-refractivity contribution is 7.91. The Bertz CT molecular complexity index is 944. The van der Waals surface area contributed by atoms with E-state index in [0.29, 0.717) is 6.54 Å². The van der Waals surface area contributed by atoms with Crippen LogP contribution in [0.4, 0.5) is 5.69 Å². The van der Waals surface area contributed by atoms with E-state index in [4.69, 9.17) is 0 Å². The van der Waals surface area contributed by atoms with E-state index in [0.717, 1.165) is 23.2 Å². The number of fused-ring (bicyclic) bond motifs is 1. The molecule has 0 bridgehead atoms. The molecule has 0 atom stereocenters. The van der Waals surface area contributed by atoms with Crippen molar-refractivity contribution in [2.45, 2.75) is 36.0 Å². The average Bonchev–Trinajstić information content (AvgIpc) is 2.83. The molecule has 1 aliphatic heterocycles. The molecule has 3 rings (SSSR count). The monoisotopic (exact) mass is 355 g/mol. The van der Waals surface area contributed by atoms with E-state index < -0.39 is 15.3 Å². The predicted molar refractivity (Wildman–Crippen MR) is 98.5 cm³/mol. The summed E-state index contributed by atoms with van der Waals surface area (Å²) in [6, 6.07) is 13.6. The first-order valence-electron chi connectivity index (χ1n) is 8.22. The number of hydrogen-bond acceptors (Lipinski definition) is 4. The molecule has 25 heavy (non-hydrogen) atoms. The van der Waals surface area contributed by atoms with Crippen molar-refractivity contribution >= 4 is 21.8 Å². The van der Waals surface area contributed by atoms with E-state index in [1.54, 1.807) is 48.5 Å². The lowest BCUT2D eigenvalue weighted by Crippen LogP contribution is -2.26. The lowest BCUT2D eigenvalue weighted by Gasteiger charge is -2.25. The van der Waals surface area contributed by atoms with E-state index in [9.17, 15) is 13.2 Å². The molecule has 2 aromatic carbocycles. The highest BCUT2D eigenvalue weighted by atomic mass is 32.2. The summed E-state index contributed by atoms with van der Waals surface area (Å²) in [5.74, 6) is 0. The van der Waals surface area contributed by atoms with Gasteiger partial charge in [-0.1, -0.05) is 32.0 Å². The fourth-order valence-electron chi connectivity index (χ4n) is 3.46. The Morgan fingerprint density at radius 2 is 1.72 bits per heavy atom. The molecule has 0 saturated carbocycles. The second-order valence-corrected chi connectivity index (χ2v) is 8.50. The van der Waals surface area contributed by atoms with E-state index >= 15 is 0 Å². The van der Waals surface area contributed by atoms with Gasteiger partial charge in [0.25, 0.3) is 0 Å². The number of hydrogen-bond donors (Lipinski definition) is 0. The Kier molecular flexibility index (Phi) is 4.29. The zero-order chi connectivity index (χ0) is 18.2. The molecule has 2 aromatic rings. The molecule has 0 saturated heterocycles. The van der Waals surface area contributed by atoms with Gasteiger partial charge in [-0.05, 0) is 48.9 Å². The van der Waals surface area contributed by atoms with Crippen LogP contribution in [0.2, 0.25) is 0 Å². The van der Waals surface area contributed by atoms with Gasteiger partial charge in [-0.3, -0.25) is 4.79 Å². The maximum Gasteiger partial charge on any atom is 0.206 e. The number of anilines is 1. The number of nitrogens with zero attached hydrogens (tertiary/aromatic N) is 1. The minimum absolute atomic E-state index is 0.272. The first-order valence-corrected chi connectivity index (χ1v) is 9.70. The highest BCUT2D eigenvalue weighted by Crippen LogP contribution is 2.48. The van der Waals surface area contributed by atoms with Gasteiger partial charge in [-0.2, -0.15) is 0 Å². The van der Waals surface area contributed by atoms with Crippen LogP contribution in [0, 0.1) is 0 Å². The lowest BCUT2D eigenvalue weighted by molar-refractivity contribution is -0.104. The number of carbonyl (C=O) groups is 1. The number of aldehydes is 1. The lowest BCUT2D eigenvalue weighted by atomic mass is 9.84. The fraction of sp³-hybridized carbons (Fsp3) is 0.250. The summed E-state index contributed by atoms with van der Waals surface area (Å²) in [7, 11) is -3.57. The summed E-state index contributed by atoms with van der Waals surface area (Å²) >= 11 is 0. The summed E-state index contributed by atoms with van der Waals surface area (Å²) in [5, 5.41) is 0. The van der Waals surface area contributed by atoms with Crippen LogP contribution in [0.5, 0.6) is 0 Å². The average molecular weight is 355 g/mol. The molecular weight excluding hydrogens is 334 g/mol. The Labute approximate surface area is 148 Å². The van der Waals surface area contributed by atoms with Gasteiger partial charge in [0.1, 0.15) is 6.29 Å². The number of allylic oxidation sites excluding steroid dienone is 2. The Balaban J connectivity index is 2.18. The van der Waals surface area contributed by atoms with E-state index in [-0.39, 0.29) is 9.79 Å². The van der Waals surface area contributed by atoms with Crippen molar-refractivity contribution in [3.05, 3.63) is 65.9 Å². The molecule has 1 heterocycles. The van der Waals surface area contributed by atoms with Crippen molar-refractivity contribution in [1.82, 2.24) is 0 Å². The van der Waals surface area contributed by atoms with Crippen molar-refractivity contribution in [1.29, 1.82) is 0 Å². The molecule has 0 aromatic heterocycles. The van der Waals surface area contributed by atoms with Gasteiger partial charge in [0.15, 0.2) is 0 Å².